The van der Waals surface area contributed by atoms with Gasteiger partial charge in [0.1, 0.15) is 0 Å². The summed E-state index contributed by atoms with van der Waals surface area (Å²) in [5.74, 6) is 0.966. The molecule has 0 bridgehead atoms. The van der Waals surface area contributed by atoms with Crippen molar-refractivity contribution in [2.24, 2.45) is 0 Å². The fraction of sp³-hybridized carbons (Fsp3) is 0.0714. The Hall–Kier alpha value is -5.67. The average molecular weight is 574 g/mol. The molecular formula is C42H27N3. The summed E-state index contributed by atoms with van der Waals surface area (Å²) in [5.41, 5.74) is 13.7. The van der Waals surface area contributed by atoms with Gasteiger partial charge in [-0.3, -0.25) is 8.80 Å². The second-order valence-electron chi connectivity index (χ2n) is 13.3. The number of imidazole rings is 2. The summed E-state index contributed by atoms with van der Waals surface area (Å²) >= 11 is 0. The Balaban J connectivity index is 1.28. The molecule has 11 rings (SSSR count). The first-order valence-corrected chi connectivity index (χ1v) is 15.7. The van der Waals surface area contributed by atoms with Crippen molar-refractivity contribution < 1.29 is 0 Å². The van der Waals surface area contributed by atoms with Gasteiger partial charge in [0, 0.05) is 16.2 Å². The molecule has 0 atom stereocenters. The van der Waals surface area contributed by atoms with Gasteiger partial charge in [0.05, 0.1) is 27.6 Å². The lowest BCUT2D eigenvalue weighted by molar-refractivity contribution is 0.660. The minimum atomic E-state index is -0.0491. The number of nitrogens with zero attached hydrogens (tertiary/aromatic N) is 3. The second kappa shape index (κ2) is 7.88. The van der Waals surface area contributed by atoms with Crippen LogP contribution < -0.4 is 0 Å². The van der Waals surface area contributed by atoms with Crippen LogP contribution in [0.2, 0.25) is 0 Å². The first-order chi connectivity index (χ1) is 22.0. The molecule has 1 aliphatic rings. The lowest BCUT2D eigenvalue weighted by atomic mass is 9.81. The third-order valence-electron chi connectivity index (χ3n) is 10.6. The molecule has 210 valence electrons. The van der Waals surface area contributed by atoms with Crippen molar-refractivity contribution in [3.8, 4) is 22.3 Å². The molecule has 0 spiro atoms. The molecule has 3 heterocycles. The van der Waals surface area contributed by atoms with Gasteiger partial charge in [-0.1, -0.05) is 98.8 Å². The molecule has 0 N–H and O–H groups in total. The molecule has 1 aliphatic carbocycles. The Kier molecular flexibility index (Phi) is 4.16. The SMILES string of the molecule is CC1(C)c2ccccc2-c2ccc(-c3cc4c5cc6ccccc6cc5n5c4c(c3)n3c4cc6ccccc6cc4nc35)cc21. The van der Waals surface area contributed by atoms with Gasteiger partial charge in [-0.25, -0.2) is 4.98 Å². The number of rotatable bonds is 1. The molecule has 0 amide bonds. The van der Waals surface area contributed by atoms with E-state index in [4.69, 9.17) is 4.98 Å². The van der Waals surface area contributed by atoms with Gasteiger partial charge in [0.15, 0.2) is 0 Å². The van der Waals surface area contributed by atoms with E-state index in [0.29, 0.717) is 0 Å². The summed E-state index contributed by atoms with van der Waals surface area (Å²) in [6, 6.07) is 47.3. The predicted octanol–water partition coefficient (Wildman–Crippen LogP) is 10.8. The van der Waals surface area contributed by atoms with Crippen LogP contribution in [0.5, 0.6) is 0 Å². The fourth-order valence-corrected chi connectivity index (χ4v) is 8.38. The number of hydrogen-bond acceptors (Lipinski definition) is 1. The van der Waals surface area contributed by atoms with Crippen LogP contribution >= 0.6 is 0 Å². The molecule has 0 unspecified atom stereocenters. The number of hydrogen-bond donors (Lipinski definition) is 0. The predicted molar refractivity (Wildman–Crippen MR) is 188 cm³/mol. The number of aromatic nitrogens is 3. The molecule has 0 aliphatic heterocycles. The normalized spacial score (nSPS) is 14.2. The van der Waals surface area contributed by atoms with E-state index in [2.05, 4.69) is 150 Å². The van der Waals surface area contributed by atoms with Crippen LogP contribution in [-0.2, 0) is 5.41 Å². The minimum Gasteiger partial charge on any atom is -0.277 e. The van der Waals surface area contributed by atoms with Gasteiger partial charge in [-0.05, 0) is 97.4 Å². The highest BCUT2D eigenvalue weighted by atomic mass is 15.2. The Morgan fingerprint density at radius 1 is 0.489 bits per heavy atom. The number of benzene rings is 7. The fourth-order valence-electron chi connectivity index (χ4n) is 8.38. The summed E-state index contributed by atoms with van der Waals surface area (Å²) in [6.07, 6.45) is 0. The van der Waals surface area contributed by atoms with Crippen molar-refractivity contribution in [2.45, 2.75) is 19.3 Å². The molecule has 0 saturated carbocycles. The standard InChI is InChI=1S/C42H27N3/c1-42(2)34-14-8-7-13-30(34)31-16-15-28(19-35(31)42)29-18-33-32-17-24-9-3-5-11-26(24)21-37(32)45-40(33)39(23-29)44-38-22-27-12-6-4-10-25(27)20-36(38)43-41(44)45/h3-23H,1-2H3. The summed E-state index contributed by atoms with van der Waals surface area (Å²) in [4.78, 5) is 5.30. The summed E-state index contributed by atoms with van der Waals surface area (Å²) in [5, 5.41) is 7.48. The Morgan fingerprint density at radius 2 is 1.16 bits per heavy atom. The molecule has 3 heteroatoms. The Morgan fingerprint density at radius 3 is 1.96 bits per heavy atom. The molecule has 45 heavy (non-hydrogen) atoms. The van der Waals surface area contributed by atoms with Gasteiger partial charge in [0.2, 0.25) is 5.78 Å². The molecule has 7 aromatic carbocycles. The highest BCUT2D eigenvalue weighted by Gasteiger charge is 2.35. The van der Waals surface area contributed by atoms with E-state index in [-0.39, 0.29) is 5.41 Å². The van der Waals surface area contributed by atoms with Crippen LogP contribution in [0.3, 0.4) is 0 Å². The van der Waals surface area contributed by atoms with Crippen molar-refractivity contribution in [3.63, 3.8) is 0 Å². The zero-order chi connectivity index (χ0) is 29.6. The van der Waals surface area contributed by atoms with Crippen LogP contribution in [-0.4, -0.2) is 13.8 Å². The first-order valence-electron chi connectivity index (χ1n) is 15.7. The van der Waals surface area contributed by atoms with E-state index < -0.39 is 0 Å². The largest absolute Gasteiger partial charge is 0.277 e. The van der Waals surface area contributed by atoms with Crippen LogP contribution in [0, 0.1) is 0 Å². The molecule has 3 nitrogen and oxygen atoms in total. The van der Waals surface area contributed by atoms with Crippen molar-refractivity contribution in [1.29, 1.82) is 0 Å². The van der Waals surface area contributed by atoms with E-state index in [1.807, 2.05) is 0 Å². The van der Waals surface area contributed by atoms with E-state index in [9.17, 15) is 0 Å². The zero-order valence-corrected chi connectivity index (χ0v) is 25.0. The third kappa shape index (κ3) is 2.89. The second-order valence-corrected chi connectivity index (χ2v) is 13.3. The molecular weight excluding hydrogens is 546 g/mol. The maximum atomic E-state index is 5.30. The van der Waals surface area contributed by atoms with Crippen LogP contribution in [0.1, 0.15) is 25.0 Å². The van der Waals surface area contributed by atoms with Crippen LogP contribution in [0.4, 0.5) is 0 Å². The topological polar surface area (TPSA) is 21.7 Å². The van der Waals surface area contributed by atoms with E-state index in [0.717, 1.165) is 16.8 Å². The van der Waals surface area contributed by atoms with Gasteiger partial charge < -0.3 is 0 Å². The van der Waals surface area contributed by atoms with Crippen molar-refractivity contribution >= 4 is 65.7 Å². The van der Waals surface area contributed by atoms with Crippen molar-refractivity contribution in [1.82, 2.24) is 13.8 Å². The van der Waals surface area contributed by atoms with Gasteiger partial charge in [0.25, 0.3) is 0 Å². The number of fused-ring (bicyclic) bond motifs is 13. The van der Waals surface area contributed by atoms with Gasteiger partial charge >= 0.3 is 0 Å². The zero-order valence-electron chi connectivity index (χ0n) is 25.0. The first kappa shape index (κ1) is 23.7. The van der Waals surface area contributed by atoms with Gasteiger partial charge in [-0.15, -0.1) is 0 Å². The smallest absolute Gasteiger partial charge is 0.220 e. The summed E-state index contributed by atoms with van der Waals surface area (Å²) in [6.45, 7) is 4.72. The Labute approximate surface area is 258 Å². The van der Waals surface area contributed by atoms with E-state index in [1.165, 1.54) is 82.2 Å². The quantitative estimate of drug-likeness (QED) is 0.191. The summed E-state index contributed by atoms with van der Waals surface area (Å²) in [7, 11) is 0. The maximum Gasteiger partial charge on any atom is 0.220 e. The maximum absolute atomic E-state index is 5.30. The Bertz CT molecular complexity index is 2900. The molecule has 0 fully saturated rings. The van der Waals surface area contributed by atoms with E-state index in [1.54, 1.807) is 0 Å². The van der Waals surface area contributed by atoms with Gasteiger partial charge in [-0.2, -0.15) is 0 Å². The van der Waals surface area contributed by atoms with Crippen LogP contribution in [0.25, 0.3) is 87.9 Å². The van der Waals surface area contributed by atoms with E-state index >= 15 is 0 Å². The molecule has 3 aromatic heterocycles. The third-order valence-corrected chi connectivity index (χ3v) is 10.6. The van der Waals surface area contributed by atoms with Crippen molar-refractivity contribution in [2.75, 3.05) is 0 Å². The monoisotopic (exact) mass is 573 g/mol. The van der Waals surface area contributed by atoms with Crippen LogP contribution in [0.15, 0.2) is 127 Å². The highest BCUT2D eigenvalue weighted by Crippen LogP contribution is 2.50. The highest BCUT2D eigenvalue weighted by molar-refractivity contribution is 6.20. The lowest BCUT2D eigenvalue weighted by Crippen LogP contribution is -2.14. The molecule has 0 radical (unpaired) electrons. The van der Waals surface area contributed by atoms with Crippen molar-refractivity contribution in [3.05, 3.63) is 139 Å². The average Bonchev–Trinajstić information content (AvgIpc) is 3.76. The lowest BCUT2D eigenvalue weighted by Gasteiger charge is -2.22. The molecule has 0 saturated heterocycles. The minimum absolute atomic E-state index is 0.0491. The molecule has 10 aromatic rings. The summed E-state index contributed by atoms with van der Waals surface area (Å²) < 4.78 is 4.78.